The molecule has 3 saturated carbocycles. The molecule has 0 amide bonds. The van der Waals surface area contributed by atoms with Gasteiger partial charge >= 0.3 is 0 Å². The Morgan fingerprint density at radius 2 is 1.76 bits per heavy atom. The quantitative estimate of drug-likeness (QED) is 0.312. The first-order chi connectivity index (χ1) is 13.3. The van der Waals surface area contributed by atoms with Gasteiger partial charge in [0.1, 0.15) is 0 Å². The van der Waals surface area contributed by atoms with E-state index < -0.39 is 0 Å². The second kappa shape index (κ2) is 9.13. The maximum Gasteiger partial charge on any atom is 0.0577 e. The van der Waals surface area contributed by atoms with Crippen LogP contribution in [0.4, 0.5) is 0 Å². The normalized spacial score (nSPS) is 44.9. The standard InChI is InChI=1S/C27H46O.Ag/c1-18(2)7-6-8-19(3)23-11-12-24-22-10-9-20-17-21(28)13-15-26(20,4)25(22)14-16-27(23,24)5;/h9,18-19,21-25,28H,6-8,10-17H2,1-5H3;/t19?,21-,22-,23+,24-,25-,26-,27+;/m0./s1. The Kier molecular flexibility index (Phi) is 7.58. The van der Waals surface area contributed by atoms with Gasteiger partial charge in [-0.1, -0.05) is 65.5 Å². The van der Waals surface area contributed by atoms with Crippen molar-refractivity contribution in [1.82, 2.24) is 0 Å². The summed E-state index contributed by atoms with van der Waals surface area (Å²) in [4.78, 5) is 0. The molecule has 4 rings (SSSR count). The van der Waals surface area contributed by atoms with E-state index in [1.54, 1.807) is 5.57 Å². The fourth-order valence-electron chi connectivity index (χ4n) is 8.67. The molecule has 1 unspecified atom stereocenters. The van der Waals surface area contributed by atoms with Gasteiger partial charge in [-0.15, -0.1) is 0 Å². The summed E-state index contributed by atoms with van der Waals surface area (Å²) in [6.45, 7) is 12.6. The summed E-state index contributed by atoms with van der Waals surface area (Å²) in [5, 5.41) is 10.2. The van der Waals surface area contributed by atoms with Crippen LogP contribution in [0.15, 0.2) is 11.6 Å². The van der Waals surface area contributed by atoms with Crippen LogP contribution >= 0.6 is 0 Å². The number of aliphatic hydroxyl groups excluding tert-OH is 1. The molecule has 0 bridgehead atoms. The molecule has 4 aliphatic rings. The van der Waals surface area contributed by atoms with Crippen LogP contribution in [0.5, 0.6) is 0 Å². The Balaban J connectivity index is 0.00000240. The van der Waals surface area contributed by atoms with Gasteiger partial charge in [0.05, 0.1) is 6.10 Å². The molecule has 0 aliphatic heterocycles. The van der Waals surface area contributed by atoms with E-state index in [9.17, 15) is 5.11 Å². The minimum absolute atomic E-state index is 0. The van der Waals surface area contributed by atoms with Gasteiger partial charge in [0.2, 0.25) is 0 Å². The maximum absolute atomic E-state index is 10.2. The van der Waals surface area contributed by atoms with Gasteiger partial charge in [0.25, 0.3) is 0 Å². The van der Waals surface area contributed by atoms with Gasteiger partial charge in [0, 0.05) is 22.4 Å². The van der Waals surface area contributed by atoms with Crippen LogP contribution in [0.2, 0.25) is 0 Å². The fourth-order valence-corrected chi connectivity index (χ4v) is 8.67. The molecule has 29 heavy (non-hydrogen) atoms. The summed E-state index contributed by atoms with van der Waals surface area (Å²) in [5.74, 6) is 5.46. The number of rotatable bonds is 5. The summed E-state index contributed by atoms with van der Waals surface area (Å²) in [7, 11) is 0. The molecule has 1 N–H and O–H groups in total. The third-order valence-electron chi connectivity index (χ3n) is 10.3. The van der Waals surface area contributed by atoms with E-state index in [2.05, 4.69) is 40.7 Å². The zero-order chi connectivity index (χ0) is 20.1. The fraction of sp³-hybridized carbons (Fsp3) is 0.926. The largest absolute Gasteiger partial charge is 0.393 e. The molecule has 1 nitrogen and oxygen atoms in total. The van der Waals surface area contributed by atoms with Crippen LogP contribution in [0, 0.1) is 46.3 Å². The summed E-state index contributed by atoms with van der Waals surface area (Å²) in [5.41, 5.74) is 2.60. The molecule has 8 atom stereocenters. The van der Waals surface area contributed by atoms with E-state index in [0.29, 0.717) is 10.8 Å². The zero-order valence-corrected chi connectivity index (χ0v) is 21.1. The number of fused-ring (bicyclic) bond motifs is 5. The van der Waals surface area contributed by atoms with Crippen LogP contribution < -0.4 is 0 Å². The van der Waals surface area contributed by atoms with Crippen molar-refractivity contribution in [2.24, 2.45) is 46.3 Å². The zero-order valence-electron chi connectivity index (χ0n) is 19.6. The summed E-state index contributed by atoms with van der Waals surface area (Å²) in [6.07, 6.45) is 17.2. The van der Waals surface area contributed by atoms with Crippen molar-refractivity contribution in [2.45, 2.75) is 111 Å². The smallest absolute Gasteiger partial charge is 0.0577 e. The van der Waals surface area contributed by atoms with Crippen molar-refractivity contribution >= 4 is 0 Å². The van der Waals surface area contributed by atoms with Crippen molar-refractivity contribution in [3.8, 4) is 0 Å². The molecule has 0 aromatic heterocycles. The first kappa shape index (κ1) is 24.1. The Hall–Kier alpha value is 0.440. The molecule has 2 heteroatoms. The third-order valence-corrected chi connectivity index (χ3v) is 10.3. The van der Waals surface area contributed by atoms with E-state index in [4.69, 9.17) is 0 Å². The van der Waals surface area contributed by atoms with Gasteiger partial charge in [-0.05, 0) is 97.7 Å². The second-order valence-electron chi connectivity index (χ2n) is 12.2. The minimum atomic E-state index is -0.0766. The van der Waals surface area contributed by atoms with E-state index in [1.807, 2.05) is 0 Å². The molecule has 0 spiro atoms. The Morgan fingerprint density at radius 1 is 1.00 bits per heavy atom. The molecule has 0 aromatic rings. The molecular formula is C27H46AgO. The van der Waals surface area contributed by atoms with Crippen LogP contribution in [0.3, 0.4) is 0 Å². The molecule has 0 saturated heterocycles. The van der Waals surface area contributed by atoms with Gasteiger partial charge < -0.3 is 5.11 Å². The second-order valence-corrected chi connectivity index (χ2v) is 12.2. The Labute approximate surface area is 196 Å². The van der Waals surface area contributed by atoms with Gasteiger partial charge in [0.15, 0.2) is 0 Å². The molecule has 3 fully saturated rings. The van der Waals surface area contributed by atoms with E-state index in [1.165, 1.54) is 57.8 Å². The topological polar surface area (TPSA) is 20.2 Å². The predicted molar refractivity (Wildman–Crippen MR) is 119 cm³/mol. The van der Waals surface area contributed by atoms with Crippen molar-refractivity contribution in [3.05, 3.63) is 11.6 Å². The summed E-state index contributed by atoms with van der Waals surface area (Å²) in [6, 6.07) is 0. The van der Waals surface area contributed by atoms with E-state index in [0.717, 1.165) is 48.3 Å². The molecule has 171 valence electrons. The summed E-state index contributed by atoms with van der Waals surface area (Å²) >= 11 is 0. The summed E-state index contributed by atoms with van der Waals surface area (Å²) < 4.78 is 0. The van der Waals surface area contributed by atoms with Crippen LogP contribution in [-0.2, 0) is 22.4 Å². The van der Waals surface area contributed by atoms with Crippen molar-refractivity contribution in [1.29, 1.82) is 0 Å². The van der Waals surface area contributed by atoms with Crippen molar-refractivity contribution in [3.63, 3.8) is 0 Å². The van der Waals surface area contributed by atoms with Gasteiger partial charge in [-0.2, -0.15) is 0 Å². The van der Waals surface area contributed by atoms with Gasteiger partial charge in [-0.3, -0.25) is 0 Å². The van der Waals surface area contributed by atoms with Crippen LogP contribution in [0.1, 0.15) is 105 Å². The molecule has 1 radical (unpaired) electrons. The van der Waals surface area contributed by atoms with Crippen molar-refractivity contribution < 1.29 is 27.5 Å². The molecule has 4 aliphatic carbocycles. The monoisotopic (exact) mass is 493 g/mol. The van der Waals surface area contributed by atoms with Crippen LogP contribution in [-0.4, -0.2) is 11.2 Å². The molecular weight excluding hydrogens is 448 g/mol. The third kappa shape index (κ3) is 4.24. The maximum atomic E-state index is 10.2. The first-order valence-electron chi connectivity index (χ1n) is 12.6. The van der Waals surface area contributed by atoms with E-state index >= 15 is 0 Å². The minimum Gasteiger partial charge on any atom is -0.393 e. The molecule has 0 heterocycles. The first-order valence-corrected chi connectivity index (χ1v) is 12.6. The van der Waals surface area contributed by atoms with E-state index in [-0.39, 0.29) is 28.5 Å². The molecule has 0 aromatic carbocycles. The number of hydrogen-bond donors (Lipinski definition) is 1. The SMILES string of the molecule is CC(C)CCCC(C)[C@H]1CC[C@H]2[C@@H]3CC=C4C[C@@H](O)CC[C@]4(C)[C@H]3CC[C@]12C.[Ag]. The predicted octanol–water partition coefficient (Wildman–Crippen LogP) is 7.39. The van der Waals surface area contributed by atoms with Gasteiger partial charge in [-0.25, -0.2) is 0 Å². The average Bonchev–Trinajstić information content (AvgIpc) is 2.99. The number of aliphatic hydroxyl groups is 1. The Morgan fingerprint density at radius 3 is 2.48 bits per heavy atom. The Bertz CT molecular complexity index is 597. The number of hydrogen-bond acceptors (Lipinski definition) is 1. The van der Waals surface area contributed by atoms with Crippen LogP contribution in [0.25, 0.3) is 0 Å². The average molecular weight is 495 g/mol. The number of allylic oxidation sites excluding steroid dienone is 1. The van der Waals surface area contributed by atoms with Crippen molar-refractivity contribution in [2.75, 3.05) is 0 Å².